The van der Waals surface area contributed by atoms with E-state index in [4.69, 9.17) is 4.74 Å². The zero-order valence-corrected chi connectivity index (χ0v) is 15.6. The van der Waals surface area contributed by atoms with Crippen LogP contribution in [0.3, 0.4) is 0 Å². The Balaban J connectivity index is 1.90. The summed E-state index contributed by atoms with van der Waals surface area (Å²) in [5.74, 6) is 0.658. The van der Waals surface area contributed by atoms with E-state index in [-0.39, 0.29) is 24.0 Å². The summed E-state index contributed by atoms with van der Waals surface area (Å²) in [5.41, 5.74) is 2.67. The Bertz CT molecular complexity index is 1030. The number of ketones is 1. The fraction of sp³-hybridized carbons (Fsp3) is 0.273. The smallest absolute Gasteiger partial charge is 0.258 e. The first-order valence-electron chi connectivity index (χ1n) is 8.75. The first-order valence-corrected chi connectivity index (χ1v) is 8.75. The van der Waals surface area contributed by atoms with Gasteiger partial charge in [0, 0.05) is 17.1 Å². The minimum Gasteiger partial charge on any atom is -0.491 e. The molecule has 2 aromatic carbocycles. The molecule has 1 heterocycles. The lowest BCUT2D eigenvalue weighted by molar-refractivity contribution is 0.0971. The average Bonchev–Trinajstić information content (AvgIpc) is 2.59. The van der Waals surface area contributed by atoms with E-state index < -0.39 is 0 Å². The van der Waals surface area contributed by atoms with Crippen LogP contribution in [0, 0.1) is 13.8 Å². The number of ether oxygens (including phenoxy) is 1. The standard InChI is InChI=1S/C22H23NO3/c1-14(2)26-19-7-8-20-17(12-19)9-10-23(22(20)25)13-21(24)18-6-5-15(3)16(4)11-18/h5-12,14H,13H2,1-4H3. The van der Waals surface area contributed by atoms with E-state index in [9.17, 15) is 9.59 Å². The van der Waals surface area contributed by atoms with Crippen LogP contribution in [0.15, 0.2) is 53.5 Å². The van der Waals surface area contributed by atoms with Gasteiger partial charge in [-0.15, -0.1) is 0 Å². The number of benzene rings is 2. The molecule has 0 bridgehead atoms. The quantitative estimate of drug-likeness (QED) is 0.646. The van der Waals surface area contributed by atoms with Gasteiger partial charge in [0.05, 0.1) is 12.6 Å². The van der Waals surface area contributed by atoms with Crippen molar-refractivity contribution >= 4 is 16.6 Å². The molecule has 0 unspecified atom stereocenters. The summed E-state index contributed by atoms with van der Waals surface area (Å²) in [5, 5.41) is 1.39. The molecule has 0 fully saturated rings. The second-order valence-electron chi connectivity index (χ2n) is 6.89. The summed E-state index contributed by atoms with van der Waals surface area (Å²) in [6.07, 6.45) is 1.74. The molecule has 0 aliphatic heterocycles. The molecule has 0 saturated heterocycles. The third kappa shape index (κ3) is 3.69. The molecule has 0 radical (unpaired) electrons. The Morgan fingerprint density at radius 3 is 2.50 bits per heavy atom. The van der Waals surface area contributed by atoms with Gasteiger partial charge in [-0.3, -0.25) is 9.59 Å². The minimum atomic E-state index is -0.171. The highest BCUT2D eigenvalue weighted by molar-refractivity contribution is 5.96. The summed E-state index contributed by atoms with van der Waals surface area (Å²) in [7, 11) is 0. The van der Waals surface area contributed by atoms with E-state index in [0.29, 0.717) is 10.9 Å². The van der Waals surface area contributed by atoms with Crippen molar-refractivity contribution < 1.29 is 9.53 Å². The zero-order chi connectivity index (χ0) is 18.8. The van der Waals surface area contributed by atoms with E-state index in [0.717, 1.165) is 22.3 Å². The fourth-order valence-corrected chi connectivity index (χ4v) is 2.90. The summed E-state index contributed by atoms with van der Waals surface area (Å²) in [6.45, 7) is 7.93. The molecule has 0 spiro atoms. The van der Waals surface area contributed by atoms with Crippen LogP contribution >= 0.6 is 0 Å². The molecule has 134 valence electrons. The lowest BCUT2D eigenvalue weighted by Gasteiger charge is -2.11. The molecule has 0 N–H and O–H groups in total. The van der Waals surface area contributed by atoms with E-state index in [1.165, 1.54) is 4.57 Å². The van der Waals surface area contributed by atoms with Gasteiger partial charge in [0.25, 0.3) is 5.56 Å². The molecule has 3 rings (SSSR count). The fourth-order valence-electron chi connectivity index (χ4n) is 2.90. The number of nitrogens with zero attached hydrogens (tertiary/aromatic N) is 1. The number of carbonyl (C=O) groups is 1. The first-order chi connectivity index (χ1) is 12.3. The Hall–Kier alpha value is -2.88. The average molecular weight is 349 g/mol. The van der Waals surface area contributed by atoms with Crippen molar-refractivity contribution in [1.29, 1.82) is 0 Å². The lowest BCUT2D eigenvalue weighted by atomic mass is 10.0. The van der Waals surface area contributed by atoms with Gasteiger partial charge in [-0.05, 0) is 74.5 Å². The summed E-state index contributed by atoms with van der Waals surface area (Å²) >= 11 is 0. The van der Waals surface area contributed by atoms with Crippen molar-refractivity contribution in [2.75, 3.05) is 0 Å². The minimum absolute atomic E-state index is 0.0293. The Morgan fingerprint density at radius 2 is 1.81 bits per heavy atom. The number of rotatable bonds is 5. The van der Waals surface area contributed by atoms with Gasteiger partial charge in [0.15, 0.2) is 5.78 Å². The largest absolute Gasteiger partial charge is 0.491 e. The van der Waals surface area contributed by atoms with E-state index in [2.05, 4.69) is 0 Å². The number of Topliss-reactive ketones (excluding diaryl/α,β-unsaturated/α-hetero) is 1. The van der Waals surface area contributed by atoms with Crippen molar-refractivity contribution in [2.45, 2.75) is 40.3 Å². The molecule has 26 heavy (non-hydrogen) atoms. The maximum Gasteiger partial charge on any atom is 0.258 e. The molecule has 0 aliphatic carbocycles. The second-order valence-corrected chi connectivity index (χ2v) is 6.89. The number of hydrogen-bond donors (Lipinski definition) is 0. The summed E-state index contributed by atoms with van der Waals surface area (Å²) in [4.78, 5) is 25.3. The Kier molecular flexibility index (Phi) is 4.94. The number of aromatic nitrogens is 1. The molecular weight excluding hydrogens is 326 g/mol. The summed E-state index contributed by atoms with van der Waals surface area (Å²) < 4.78 is 7.13. The van der Waals surface area contributed by atoms with Gasteiger partial charge in [0.2, 0.25) is 0 Å². The highest BCUT2D eigenvalue weighted by Crippen LogP contribution is 2.19. The van der Waals surface area contributed by atoms with Crippen molar-refractivity contribution in [3.05, 3.63) is 75.7 Å². The van der Waals surface area contributed by atoms with Crippen LogP contribution in [0.2, 0.25) is 0 Å². The van der Waals surface area contributed by atoms with Gasteiger partial charge >= 0.3 is 0 Å². The first kappa shape index (κ1) is 17.9. The number of pyridine rings is 1. The number of aryl methyl sites for hydroxylation is 2. The molecule has 0 amide bonds. The molecule has 0 atom stereocenters. The normalized spacial score (nSPS) is 11.1. The Labute approximate surface area is 153 Å². The van der Waals surface area contributed by atoms with Gasteiger partial charge < -0.3 is 9.30 Å². The SMILES string of the molecule is Cc1ccc(C(=O)Cn2ccc3cc(OC(C)C)ccc3c2=O)cc1C. The highest BCUT2D eigenvalue weighted by atomic mass is 16.5. The molecule has 4 heteroatoms. The van der Waals surface area contributed by atoms with Crippen molar-refractivity contribution in [1.82, 2.24) is 4.57 Å². The number of hydrogen-bond acceptors (Lipinski definition) is 3. The van der Waals surface area contributed by atoms with Crippen LogP contribution in [0.1, 0.15) is 35.3 Å². The Morgan fingerprint density at radius 1 is 1.04 bits per heavy atom. The molecular formula is C22H23NO3. The van der Waals surface area contributed by atoms with Crippen LogP contribution in [-0.2, 0) is 6.54 Å². The predicted octanol–water partition coefficient (Wildman–Crippen LogP) is 4.29. The van der Waals surface area contributed by atoms with E-state index in [1.54, 1.807) is 18.3 Å². The highest BCUT2D eigenvalue weighted by Gasteiger charge is 2.11. The van der Waals surface area contributed by atoms with Crippen molar-refractivity contribution in [3.8, 4) is 5.75 Å². The molecule has 4 nitrogen and oxygen atoms in total. The van der Waals surface area contributed by atoms with E-state index >= 15 is 0 Å². The zero-order valence-electron chi connectivity index (χ0n) is 15.6. The van der Waals surface area contributed by atoms with E-state index in [1.807, 2.05) is 58.0 Å². The molecule has 1 aromatic heterocycles. The van der Waals surface area contributed by atoms with Crippen molar-refractivity contribution in [3.63, 3.8) is 0 Å². The van der Waals surface area contributed by atoms with Crippen LogP contribution in [0.25, 0.3) is 10.8 Å². The predicted molar refractivity (Wildman–Crippen MR) is 104 cm³/mol. The number of carbonyl (C=O) groups excluding carboxylic acids is 1. The van der Waals surface area contributed by atoms with Gasteiger partial charge in [-0.1, -0.05) is 12.1 Å². The lowest BCUT2D eigenvalue weighted by Crippen LogP contribution is -2.24. The van der Waals surface area contributed by atoms with Crippen LogP contribution < -0.4 is 10.3 Å². The monoisotopic (exact) mass is 349 g/mol. The third-order valence-corrected chi connectivity index (χ3v) is 4.46. The molecule has 0 aliphatic rings. The van der Waals surface area contributed by atoms with Crippen LogP contribution in [0.4, 0.5) is 0 Å². The molecule has 3 aromatic rings. The molecule has 0 saturated carbocycles. The second kappa shape index (κ2) is 7.16. The maximum absolute atomic E-state index is 12.7. The van der Waals surface area contributed by atoms with Crippen molar-refractivity contribution in [2.24, 2.45) is 0 Å². The number of fused-ring (bicyclic) bond motifs is 1. The van der Waals surface area contributed by atoms with Gasteiger partial charge in [-0.25, -0.2) is 0 Å². The topological polar surface area (TPSA) is 48.3 Å². The van der Waals surface area contributed by atoms with Gasteiger partial charge in [0.1, 0.15) is 5.75 Å². The maximum atomic E-state index is 12.7. The third-order valence-electron chi connectivity index (χ3n) is 4.46. The van der Waals surface area contributed by atoms with Crippen LogP contribution in [0.5, 0.6) is 5.75 Å². The van der Waals surface area contributed by atoms with Gasteiger partial charge in [-0.2, -0.15) is 0 Å². The van der Waals surface area contributed by atoms with Crippen LogP contribution in [-0.4, -0.2) is 16.5 Å². The summed E-state index contributed by atoms with van der Waals surface area (Å²) in [6, 6.07) is 12.9.